The molecule has 68 valence electrons. The number of halogens is 2. The van der Waals surface area contributed by atoms with E-state index in [1.807, 2.05) is 6.07 Å². The van der Waals surface area contributed by atoms with Gasteiger partial charge in [-0.05, 0) is 28.1 Å². The van der Waals surface area contributed by atoms with Crippen molar-refractivity contribution in [2.45, 2.75) is 0 Å². The van der Waals surface area contributed by atoms with Gasteiger partial charge < -0.3 is 10.1 Å². The Morgan fingerprint density at radius 3 is 2.92 bits per heavy atom. The summed E-state index contributed by atoms with van der Waals surface area (Å²) >= 11 is 6.67. The normalized spacial score (nSPS) is 14.5. The van der Waals surface area contributed by atoms with Crippen molar-refractivity contribution in [1.29, 1.82) is 0 Å². The molecule has 0 atom stereocenters. The van der Waals surface area contributed by atoms with Gasteiger partial charge in [0.05, 0.1) is 10.2 Å². The van der Waals surface area contributed by atoms with E-state index < -0.39 is 0 Å². The maximum Gasteiger partial charge on any atom is 0.262 e. The Labute approximate surface area is 91.7 Å². The fraction of sp³-hybridized carbons (Fsp3) is 0.125. The zero-order chi connectivity index (χ0) is 9.42. The Morgan fingerprint density at radius 2 is 2.15 bits per heavy atom. The van der Waals surface area contributed by atoms with Gasteiger partial charge in [-0.1, -0.05) is 15.9 Å². The number of anilines is 1. The quantitative estimate of drug-likeness (QED) is 0.800. The van der Waals surface area contributed by atoms with Crippen molar-refractivity contribution in [3.8, 4) is 5.75 Å². The van der Waals surface area contributed by atoms with Gasteiger partial charge in [-0.25, -0.2) is 0 Å². The minimum Gasteiger partial charge on any atom is -0.480 e. The average Bonchev–Trinajstić information content (AvgIpc) is 2.02. The van der Waals surface area contributed by atoms with Crippen molar-refractivity contribution in [2.24, 2.45) is 0 Å². The highest BCUT2D eigenvalue weighted by molar-refractivity contribution is 9.11. The summed E-state index contributed by atoms with van der Waals surface area (Å²) in [5.74, 6) is 0.556. The summed E-state index contributed by atoms with van der Waals surface area (Å²) in [6.45, 7) is 0.0766. The monoisotopic (exact) mass is 305 g/mol. The molecule has 1 N–H and O–H groups in total. The molecular formula is C8H5Br2NO2. The number of fused-ring (bicyclic) bond motifs is 1. The first-order chi connectivity index (χ1) is 6.16. The van der Waals surface area contributed by atoms with Crippen LogP contribution in [0.25, 0.3) is 0 Å². The Bertz CT molecular complexity index is 379. The van der Waals surface area contributed by atoms with E-state index >= 15 is 0 Å². The molecule has 1 amide bonds. The van der Waals surface area contributed by atoms with Gasteiger partial charge in [0, 0.05) is 4.47 Å². The van der Waals surface area contributed by atoms with Gasteiger partial charge in [-0.3, -0.25) is 4.79 Å². The highest BCUT2D eigenvalue weighted by Gasteiger charge is 2.18. The standard InChI is InChI=1S/C8H5Br2NO2/c9-4-1-5(10)8-6(2-4)11-7(12)3-13-8/h1-2H,3H2,(H,11,12). The topological polar surface area (TPSA) is 38.3 Å². The number of carbonyl (C=O) groups is 1. The molecule has 0 saturated carbocycles. The van der Waals surface area contributed by atoms with Crippen LogP contribution in [0.5, 0.6) is 5.75 Å². The maximum absolute atomic E-state index is 11.0. The first kappa shape index (κ1) is 9.02. The number of hydrogen-bond donors (Lipinski definition) is 1. The second-order valence-corrected chi connectivity index (χ2v) is 4.37. The van der Waals surface area contributed by atoms with Crippen LogP contribution in [0.1, 0.15) is 0 Å². The first-order valence-corrected chi connectivity index (χ1v) is 5.17. The van der Waals surface area contributed by atoms with Gasteiger partial charge in [0.2, 0.25) is 0 Å². The molecule has 0 bridgehead atoms. The van der Waals surface area contributed by atoms with Gasteiger partial charge in [-0.2, -0.15) is 0 Å². The van der Waals surface area contributed by atoms with Crippen molar-refractivity contribution < 1.29 is 9.53 Å². The van der Waals surface area contributed by atoms with E-state index in [9.17, 15) is 4.79 Å². The number of nitrogens with one attached hydrogen (secondary N) is 1. The Morgan fingerprint density at radius 1 is 1.38 bits per heavy atom. The molecule has 1 aliphatic heterocycles. The van der Waals surface area contributed by atoms with Crippen LogP contribution in [0.4, 0.5) is 5.69 Å². The van der Waals surface area contributed by atoms with Crippen molar-refractivity contribution in [3.05, 3.63) is 21.1 Å². The molecule has 0 aliphatic carbocycles. The van der Waals surface area contributed by atoms with Gasteiger partial charge in [0.1, 0.15) is 0 Å². The Kier molecular flexibility index (Phi) is 2.29. The summed E-state index contributed by atoms with van der Waals surface area (Å²) in [4.78, 5) is 11.0. The number of rotatable bonds is 0. The van der Waals surface area contributed by atoms with E-state index in [1.54, 1.807) is 6.07 Å². The molecule has 5 heteroatoms. The first-order valence-electron chi connectivity index (χ1n) is 3.58. The van der Waals surface area contributed by atoms with Crippen molar-refractivity contribution in [1.82, 2.24) is 0 Å². The SMILES string of the molecule is O=C1COc2c(Br)cc(Br)cc2N1. The molecule has 0 spiro atoms. The van der Waals surface area contributed by atoms with Crippen LogP contribution in [0.15, 0.2) is 21.1 Å². The van der Waals surface area contributed by atoms with Crippen molar-refractivity contribution >= 4 is 43.5 Å². The number of benzene rings is 1. The van der Waals surface area contributed by atoms with Crippen LogP contribution >= 0.6 is 31.9 Å². The fourth-order valence-corrected chi connectivity index (χ4v) is 2.46. The lowest BCUT2D eigenvalue weighted by Crippen LogP contribution is -2.25. The van der Waals surface area contributed by atoms with Crippen molar-refractivity contribution in [2.75, 3.05) is 11.9 Å². The summed E-state index contributed by atoms with van der Waals surface area (Å²) in [7, 11) is 0. The van der Waals surface area contributed by atoms with Gasteiger partial charge in [0.25, 0.3) is 5.91 Å². The summed E-state index contributed by atoms with van der Waals surface area (Å²) < 4.78 is 6.96. The predicted molar refractivity (Wildman–Crippen MR) is 56.0 cm³/mol. The number of ether oxygens (including phenoxy) is 1. The molecule has 1 aromatic carbocycles. The zero-order valence-corrected chi connectivity index (χ0v) is 9.61. The van der Waals surface area contributed by atoms with Crippen LogP contribution < -0.4 is 10.1 Å². The third kappa shape index (κ3) is 1.71. The average molecular weight is 307 g/mol. The molecule has 0 saturated heterocycles. The van der Waals surface area contributed by atoms with E-state index in [2.05, 4.69) is 37.2 Å². The molecule has 1 aromatic rings. The molecule has 1 heterocycles. The lowest BCUT2D eigenvalue weighted by Gasteiger charge is -2.19. The molecule has 0 fully saturated rings. The summed E-state index contributed by atoms with van der Waals surface area (Å²) in [5, 5.41) is 2.72. The molecule has 0 unspecified atom stereocenters. The molecule has 3 nitrogen and oxygen atoms in total. The van der Waals surface area contributed by atoms with Gasteiger partial charge >= 0.3 is 0 Å². The van der Waals surface area contributed by atoms with Crippen LogP contribution in [-0.2, 0) is 4.79 Å². The van der Waals surface area contributed by atoms with Crippen LogP contribution in [-0.4, -0.2) is 12.5 Å². The van der Waals surface area contributed by atoms with E-state index in [4.69, 9.17) is 4.74 Å². The summed E-state index contributed by atoms with van der Waals surface area (Å²) in [5.41, 5.74) is 0.692. The smallest absolute Gasteiger partial charge is 0.262 e. The van der Waals surface area contributed by atoms with Crippen LogP contribution in [0.3, 0.4) is 0 Å². The molecule has 2 rings (SSSR count). The lowest BCUT2D eigenvalue weighted by molar-refractivity contribution is -0.118. The van der Waals surface area contributed by atoms with E-state index in [0.717, 1.165) is 8.95 Å². The highest BCUT2D eigenvalue weighted by atomic mass is 79.9. The second kappa shape index (κ2) is 3.31. The molecule has 0 radical (unpaired) electrons. The minimum absolute atomic E-state index is 0.0766. The van der Waals surface area contributed by atoms with E-state index in [-0.39, 0.29) is 12.5 Å². The fourth-order valence-electron chi connectivity index (χ4n) is 1.12. The Balaban J connectivity index is 2.53. The number of amides is 1. The predicted octanol–water partition coefficient (Wildman–Crippen LogP) is 2.54. The molecule has 1 aliphatic rings. The van der Waals surface area contributed by atoms with Crippen LogP contribution in [0, 0.1) is 0 Å². The summed E-state index contributed by atoms with van der Waals surface area (Å²) in [6, 6.07) is 3.67. The molecule has 13 heavy (non-hydrogen) atoms. The largest absolute Gasteiger partial charge is 0.480 e. The van der Waals surface area contributed by atoms with Crippen LogP contribution in [0.2, 0.25) is 0 Å². The maximum atomic E-state index is 11.0. The van der Waals surface area contributed by atoms with E-state index in [1.165, 1.54) is 0 Å². The van der Waals surface area contributed by atoms with Gasteiger partial charge in [-0.15, -0.1) is 0 Å². The molecule has 0 aromatic heterocycles. The molecular weight excluding hydrogens is 302 g/mol. The third-order valence-corrected chi connectivity index (χ3v) is 2.68. The zero-order valence-electron chi connectivity index (χ0n) is 6.43. The third-order valence-electron chi connectivity index (χ3n) is 1.63. The van der Waals surface area contributed by atoms with E-state index in [0.29, 0.717) is 11.4 Å². The van der Waals surface area contributed by atoms with Crippen molar-refractivity contribution in [3.63, 3.8) is 0 Å². The van der Waals surface area contributed by atoms with Gasteiger partial charge in [0.15, 0.2) is 12.4 Å². The minimum atomic E-state index is -0.127. The highest BCUT2D eigenvalue weighted by Crippen LogP contribution is 2.38. The summed E-state index contributed by atoms with van der Waals surface area (Å²) in [6.07, 6.45) is 0. The number of carbonyl (C=O) groups excluding carboxylic acids is 1. The Hall–Kier alpha value is -0.550. The lowest BCUT2D eigenvalue weighted by atomic mass is 10.2. The number of hydrogen-bond acceptors (Lipinski definition) is 2. The second-order valence-electron chi connectivity index (χ2n) is 2.60.